The zero-order valence-corrected chi connectivity index (χ0v) is 10.1. The van der Waals surface area contributed by atoms with Gasteiger partial charge in [0.2, 0.25) is 0 Å². The van der Waals surface area contributed by atoms with Gasteiger partial charge >= 0.3 is 5.69 Å². The van der Waals surface area contributed by atoms with Crippen molar-refractivity contribution >= 4 is 5.65 Å². The Kier molecular flexibility index (Phi) is 3.07. The summed E-state index contributed by atoms with van der Waals surface area (Å²) in [4.78, 5) is 18.3. The average molecular weight is 248 g/mol. The first-order valence-electron chi connectivity index (χ1n) is 6.17. The first-order chi connectivity index (χ1) is 8.84. The van der Waals surface area contributed by atoms with Gasteiger partial charge in [-0.15, -0.1) is 5.10 Å². The second-order valence-electron chi connectivity index (χ2n) is 4.40. The predicted octanol–water partition coefficient (Wildman–Crippen LogP) is -1.20. The fraction of sp³-hybridized carbons (Fsp3) is 0.545. The zero-order valence-electron chi connectivity index (χ0n) is 10.1. The molecule has 0 aromatic carbocycles. The Hall–Kier alpha value is -1.73. The fourth-order valence-electron chi connectivity index (χ4n) is 2.20. The van der Waals surface area contributed by atoms with E-state index in [1.54, 1.807) is 18.6 Å². The molecular formula is C11H16N6O. The van der Waals surface area contributed by atoms with Crippen LogP contribution in [0.1, 0.15) is 0 Å². The summed E-state index contributed by atoms with van der Waals surface area (Å²) < 4.78 is 3.03. The Balaban J connectivity index is 1.74. The molecular weight excluding hydrogens is 232 g/mol. The molecule has 0 amide bonds. The van der Waals surface area contributed by atoms with Gasteiger partial charge in [-0.3, -0.25) is 9.88 Å². The fourth-order valence-corrected chi connectivity index (χ4v) is 2.20. The lowest BCUT2D eigenvalue weighted by atomic mass is 10.3. The van der Waals surface area contributed by atoms with E-state index in [4.69, 9.17) is 0 Å². The van der Waals surface area contributed by atoms with Crippen LogP contribution in [-0.2, 0) is 6.54 Å². The molecule has 3 heterocycles. The van der Waals surface area contributed by atoms with Crippen molar-refractivity contribution in [3.8, 4) is 0 Å². The molecule has 7 nitrogen and oxygen atoms in total. The van der Waals surface area contributed by atoms with Crippen LogP contribution in [0.15, 0.2) is 23.4 Å². The molecule has 1 N–H and O–H groups in total. The number of piperazine rings is 1. The monoisotopic (exact) mass is 248 g/mol. The minimum Gasteiger partial charge on any atom is -0.314 e. The summed E-state index contributed by atoms with van der Waals surface area (Å²) in [5, 5.41) is 7.57. The summed E-state index contributed by atoms with van der Waals surface area (Å²) >= 11 is 0. The standard InChI is InChI=1S/C11H16N6O/c18-11-16-6-3-13-9-10(16)14-17(11)8-7-15-4-1-12-2-5-15/h3,6,9,12H,1-2,4-5,7-8H2. The Morgan fingerprint density at radius 2 is 2.11 bits per heavy atom. The SMILES string of the molecule is O=c1n(CCN2CCNCC2)nc2cnccn12. The van der Waals surface area contributed by atoms with Gasteiger partial charge in [0.05, 0.1) is 12.7 Å². The topological polar surface area (TPSA) is 67.5 Å². The molecule has 0 spiro atoms. The van der Waals surface area contributed by atoms with Crippen LogP contribution >= 0.6 is 0 Å². The highest BCUT2D eigenvalue weighted by Gasteiger charge is 2.11. The van der Waals surface area contributed by atoms with E-state index in [-0.39, 0.29) is 5.69 Å². The van der Waals surface area contributed by atoms with Crippen molar-refractivity contribution in [2.24, 2.45) is 0 Å². The zero-order chi connectivity index (χ0) is 12.4. The third-order valence-corrected chi connectivity index (χ3v) is 3.23. The van der Waals surface area contributed by atoms with Gasteiger partial charge in [-0.05, 0) is 0 Å². The lowest BCUT2D eigenvalue weighted by molar-refractivity contribution is 0.228. The maximum absolute atomic E-state index is 12.0. The van der Waals surface area contributed by atoms with E-state index in [1.807, 2.05) is 0 Å². The summed E-state index contributed by atoms with van der Waals surface area (Å²) in [5.74, 6) is 0. The van der Waals surface area contributed by atoms with E-state index in [9.17, 15) is 4.79 Å². The predicted molar refractivity (Wildman–Crippen MR) is 66.6 cm³/mol. The maximum atomic E-state index is 12.0. The number of nitrogens with zero attached hydrogens (tertiary/aromatic N) is 5. The molecule has 0 unspecified atom stereocenters. The molecule has 1 fully saturated rings. The molecule has 0 bridgehead atoms. The lowest BCUT2D eigenvalue weighted by Crippen LogP contribution is -2.45. The Morgan fingerprint density at radius 1 is 1.28 bits per heavy atom. The van der Waals surface area contributed by atoms with Gasteiger partial charge in [0.25, 0.3) is 0 Å². The minimum absolute atomic E-state index is 0.0949. The summed E-state index contributed by atoms with van der Waals surface area (Å²) in [6.45, 7) is 5.58. The van der Waals surface area contributed by atoms with E-state index in [0.29, 0.717) is 12.2 Å². The Bertz CT molecular complexity index is 582. The van der Waals surface area contributed by atoms with Crippen LogP contribution in [0.5, 0.6) is 0 Å². The second-order valence-corrected chi connectivity index (χ2v) is 4.40. The number of nitrogens with one attached hydrogen (secondary N) is 1. The van der Waals surface area contributed by atoms with Crippen LogP contribution < -0.4 is 11.0 Å². The van der Waals surface area contributed by atoms with E-state index < -0.39 is 0 Å². The van der Waals surface area contributed by atoms with E-state index >= 15 is 0 Å². The maximum Gasteiger partial charge on any atom is 0.350 e. The molecule has 0 aliphatic carbocycles. The average Bonchev–Trinajstić information content (AvgIpc) is 2.75. The van der Waals surface area contributed by atoms with Gasteiger partial charge in [0.15, 0.2) is 5.65 Å². The largest absolute Gasteiger partial charge is 0.350 e. The van der Waals surface area contributed by atoms with Crippen molar-refractivity contribution in [2.45, 2.75) is 6.54 Å². The number of fused-ring (bicyclic) bond motifs is 1. The van der Waals surface area contributed by atoms with Crippen LogP contribution in [0.2, 0.25) is 0 Å². The summed E-state index contributed by atoms with van der Waals surface area (Å²) in [6.07, 6.45) is 4.84. The molecule has 0 radical (unpaired) electrons. The summed E-state index contributed by atoms with van der Waals surface area (Å²) in [7, 11) is 0. The van der Waals surface area contributed by atoms with E-state index in [1.165, 1.54) is 9.08 Å². The highest BCUT2D eigenvalue weighted by molar-refractivity contribution is 5.31. The van der Waals surface area contributed by atoms with Gasteiger partial charge in [-0.25, -0.2) is 13.9 Å². The number of aromatic nitrogens is 4. The normalized spacial score (nSPS) is 17.3. The van der Waals surface area contributed by atoms with Crippen molar-refractivity contribution in [1.29, 1.82) is 0 Å². The number of hydrogen-bond donors (Lipinski definition) is 1. The molecule has 1 aliphatic heterocycles. The molecule has 1 aliphatic rings. The van der Waals surface area contributed by atoms with Gasteiger partial charge < -0.3 is 5.32 Å². The molecule has 18 heavy (non-hydrogen) atoms. The lowest BCUT2D eigenvalue weighted by Gasteiger charge is -2.26. The van der Waals surface area contributed by atoms with Crippen molar-refractivity contribution in [2.75, 3.05) is 32.7 Å². The Labute approximate surface area is 104 Å². The first-order valence-corrected chi connectivity index (χ1v) is 6.17. The van der Waals surface area contributed by atoms with E-state index in [2.05, 4.69) is 20.3 Å². The second kappa shape index (κ2) is 4.87. The van der Waals surface area contributed by atoms with Crippen molar-refractivity contribution in [3.63, 3.8) is 0 Å². The van der Waals surface area contributed by atoms with Crippen LogP contribution in [-0.4, -0.2) is 56.8 Å². The Morgan fingerprint density at radius 3 is 2.89 bits per heavy atom. The van der Waals surface area contributed by atoms with Gasteiger partial charge in [-0.2, -0.15) is 0 Å². The summed E-state index contributed by atoms with van der Waals surface area (Å²) in [6, 6.07) is 0. The van der Waals surface area contributed by atoms with Crippen LogP contribution in [0.3, 0.4) is 0 Å². The molecule has 0 atom stereocenters. The molecule has 1 saturated heterocycles. The highest BCUT2D eigenvalue weighted by Crippen LogP contribution is 1.95. The molecule has 2 aromatic heterocycles. The molecule has 0 saturated carbocycles. The number of rotatable bonds is 3. The van der Waals surface area contributed by atoms with Crippen LogP contribution in [0.4, 0.5) is 0 Å². The van der Waals surface area contributed by atoms with Crippen molar-refractivity contribution in [3.05, 3.63) is 29.1 Å². The smallest absolute Gasteiger partial charge is 0.314 e. The number of hydrogen-bond acceptors (Lipinski definition) is 5. The third-order valence-electron chi connectivity index (χ3n) is 3.23. The highest BCUT2D eigenvalue weighted by atomic mass is 16.2. The van der Waals surface area contributed by atoms with Crippen molar-refractivity contribution < 1.29 is 0 Å². The van der Waals surface area contributed by atoms with Crippen LogP contribution in [0, 0.1) is 0 Å². The minimum atomic E-state index is -0.0949. The molecule has 7 heteroatoms. The quantitative estimate of drug-likeness (QED) is 0.739. The van der Waals surface area contributed by atoms with Gasteiger partial charge in [0.1, 0.15) is 0 Å². The summed E-state index contributed by atoms with van der Waals surface area (Å²) in [5.41, 5.74) is 0.505. The van der Waals surface area contributed by atoms with E-state index in [0.717, 1.165) is 32.7 Å². The van der Waals surface area contributed by atoms with Gasteiger partial charge in [0, 0.05) is 45.1 Å². The molecule has 2 aromatic rings. The van der Waals surface area contributed by atoms with Crippen LogP contribution in [0.25, 0.3) is 5.65 Å². The molecule has 3 rings (SSSR count). The third kappa shape index (κ3) is 2.14. The van der Waals surface area contributed by atoms with Crippen molar-refractivity contribution in [1.82, 2.24) is 29.4 Å². The van der Waals surface area contributed by atoms with Gasteiger partial charge in [-0.1, -0.05) is 0 Å². The molecule has 96 valence electrons. The first kappa shape index (κ1) is 11.4.